The van der Waals surface area contributed by atoms with Gasteiger partial charge in [-0.05, 0) is 11.1 Å². The third-order valence-electron chi connectivity index (χ3n) is 2.48. The molecule has 1 amide bonds. The van der Waals surface area contributed by atoms with Gasteiger partial charge in [0.05, 0.1) is 0 Å². The first-order valence-corrected chi connectivity index (χ1v) is 5.44. The van der Waals surface area contributed by atoms with Crippen molar-refractivity contribution in [2.75, 3.05) is 6.54 Å². The number of aliphatic hydroxyl groups excluding tert-OH is 2. The lowest BCUT2D eigenvalue weighted by Crippen LogP contribution is -2.34. The molecule has 0 radical (unpaired) electrons. The molecule has 0 aromatic heterocycles. The molecule has 5 N–H and O–H groups in total. The van der Waals surface area contributed by atoms with Crippen LogP contribution in [-0.4, -0.2) is 28.8 Å². The number of hydrogen-bond donors (Lipinski definition) is 4. The van der Waals surface area contributed by atoms with Gasteiger partial charge in [-0.3, -0.25) is 4.79 Å². The van der Waals surface area contributed by atoms with E-state index in [1.54, 1.807) is 24.3 Å². The van der Waals surface area contributed by atoms with E-state index in [0.717, 1.165) is 5.56 Å². The molecule has 0 saturated carbocycles. The largest absolute Gasteiger partial charge is 0.388 e. The van der Waals surface area contributed by atoms with Crippen molar-refractivity contribution in [3.05, 3.63) is 35.4 Å². The molecule has 0 fully saturated rings. The molecule has 2 unspecified atom stereocenters. The number of rotatable bonds is 5. The zero-order valence-electron chi connectivity index (χ0n) is 9.76. The van der Waals surface area contributed by atoms with Crippen molar-refractivity contribution >= 4 is 5.91 Å². The van der Waals surface area contributed by atoms with Crippen LogP contribution in [0.15, 0.2) is 24.3 Å². The number of hydrogen-bond acceptors (Lipinski definition) is 4. The fourth-order valence-electron chi connectivity index (χ4n) is 1.43. The van der Waals surface area contributed by atoms with Crippen molar-refractivity contribution in [3.8, 4) is 0 Å². The summed E-state index contributed by atoms with van der Waals surface area (Å²) in [5, 5.41) is 21.9. The fraction of sp³-hybridized carbons (Fsp3) is 0.417. The Morgan fingerprint density at radius 2 is 1.94 bits per heavy atom. The Morgan fingerprint density at radius 3 is 2.41 bits per heavy atom. The third-order valence-corrected chi connectivity index (χ3v) is 2.48. The summed E-state index contributed by atoms with van der Waals surface area (Å²) in [6, 6.07) is 7.01. The number of carbonyl (C=O) groups is 1. The second kappa shape index (κ2) is 6.34. The summed E-state index contributed by atoms with van der Waals surface area (Å²) in [6.07, 6.45) is -2.05. The van der Waals surface area contributed by atoms with Crippen LogP contribution >= 0.6 is 0 Å². The molecular weight excluding hydrogens is 220 g/mol. The maximum Gasteiger partial charge on any atom is 0.216 e. The number of carbonyl (C=O) groups excluding carboxylic acids is 1. The summed E-state index contributed by atoms with van der Waals surface area (Å²) in [5.74, 6) is -0.241. The van der Waals surface area contributed by atoms with Gasteiger partial charge < -0.3 is 21.3 Å². The van der Waals surface area contributed by atoms with Gasteiger partial charge in [0.1, 0.15) is 12.2 Å². The van der Waals surface area contributed by atoms with Crippen molar-refractivity contribution in [2.24, 2.45) is 5.73 Å². The number of nitrogens with one attached hydrogen (secondary N) is 1. The first-order chi connectivity index (χ1) is 8.04. The molecule has 0 aliphatic heterocycles. The number of benzene rings is 1. The minimum Gasteiger partial charge on any atom is -0.388 e. The summed E-state index contributed by atoms with van der Waals surface area (Å²) in [6.45, 7) is 1.81. The molecule has 1 rings (SSSR count). The lowest BCUT2D eigenvalue weighted by molar-refractivity contribution is -0.119. The van der Waals surface area contributed by atoms with Crippen LogP contribution in [-0.2, 0) is 11.3 Å². The van der Waals surface area contributed by atoms with Crippen molar-refractivity contribution in [2.45, 2.75) is 25.7 Å². The molecule has 0 bridgehead atoms. The van der Waals surface area contributed by atoms with E-state index >= 15 is 0 Å². The molecule has 17 heavy (non-hydrogen) atoms. The molecule has 5 nitrogen and oxygen atoms in total. The molecule has 94 valence electrons. The monoisotopic (exact) mass is 238 g/mol. The minimum absolute atomic E-state index is 0.0230. The second-order valence-corrected chi connectivity index (χ2v) is 3.89. The molecule has 0 saturated heterocycles. The maximum atomic E-state index is 10.7. The highest BCUT2D eigenvalue weighted by Gasteiger charge is 2.18. The smallest absolute Gasteiger partial charge is 0.216 e. The average molecular weight is 238 g/mol. The van der Waals surface area contributed by atoms with E-state index in [0.29, 0.717) is 12.1 Å². The van der Waals surface area contributed by atoms with Crippen molar-refractivity contribution in [1.82, 2.24) is 5.32 Å². The highest BCUT2D eigenvalue weighted by Crippen LogP contribution is 2.17. The van der Waals surface area contributed by atoms with E-state index < -0.39 is 12.2 Å². The van der Waals surface area contributed by atoms with E-state index in [1.165, 1.54) is 6.92 Å². The molecule has 0 heterocycles. The summed E-state index contributed by atoms with van der Waals surface area (Å²) in [4.78, 5) is 10.7. The van der Waals surface area contributed by atoms with Crippen LogP contribution in [0, 0.1) is 0 Å². The number of amides is 1. The fourth-order valence-corrected chi connectivity index (χ4v) is 1.43. The van der Waals surface area contributed by atoms with Gasteiger partial charge in [0.25, 0.3) is 0 Å². The van der Waals surface area contributed by atoms with Crippen LogP contribution in [0.4, 0.5) is 0 Å². The normalized spacial score (nSPS) is 14.1. The van der Waals surface area contributed by atoms with Crippen LogP contribution in [0.2, 0.25) is 0 Å². The van der Waals surface area contributed by atoms with Crippen molar-refractivity contribution in [3.63, 3.8) is 0 Å². The summed E-state index contributed by atoms with van der Waals surface area (Å²) >= 11 is 0. The van der Waals surface area contributed by atoms with Crippen LogP contribution in [0.25, 0.3) is 0 Å². The molecule has 0 aliphatic rings. The topological polar surface area (TPSA) is 95.6 Å². The lowest BCUT2D eigenvalue weighted by Gasteiger charge is -2.18. The quantitative estimate of drug-likeness (QED) is 0.565. The molecule has 1 aromatic carbocycles. The van der Waals surface area contributed by atoms with Gasteiger partial charge in [0.15, 0.2) is 0 Å². The first kappa shape index (κ1) is 13.6. The van der Waals surface area contributed by atoms with Gasteiger partial charge in [-0.15, -0.1) is 0 Å². The van der Waals surface area contributed by atoms with E-state index in [2.05, 4.69) is 5.32 Å². The standard InChI is InChI=1S/C12H18N2O3/c1-8(15)14-7-11(16)12(17)10-4-2-9(6-13)3-5-10/h2-5,11-12,16-17H,6-7,13H2,1H3,(H,14,15). The highest BCUT2D eigenvalue weighted by atomic mass is 16.3. The zero-order valence-corrected chi connectivity index (χ0v) is 9.76. The molecule has 0 aliphatic carbocycles. The molecule has 2 atom stereocenters. The van der Waals surface area contributed by atoms with Gasteiger partial charge in [-0.25, -0.2) is 0 Å². The Morgan fingerprint density at radius 1 is 1.35 bits per heavy atom. The van der Waals surface area contributed by atoms with Gasteiger partial charge in [0, 0.05) is 20.0 Å². The van der Waals surface area contributed by atoms with Crippen LogP contribution in [0.3, 0.4) is 0 Å². The summed E-state index contributed by atoms with van der Waals surface area (Å²) in [5.41, 5.74) is 7.01. The Hall–Kier alpha value is -1.43. The van der Waals surface area contributed by atoms with Gasteiger partial charge in [0.2, 0.25) is 5.91 Å². The molecule has 1 aromatic rings. The summed E-state index contributed by atoms with van der Waals surface area (Å²) < 4.78 is 0. The minimum atomic E-state index is -1.03. The second-order valence-electron chi connectivity index (χ2n) is 3.89. The van der Waals surface area contributed by atoms with E-state index in [-0.39, 0.29) is 12.5 Å². The Kier molecular flexibility index (Phi) is 5.09. The van der Waals surface area contributed by atoms with Crippen molar-refractivity contribution in [1.29, 1.82) is 0 Å². The van der Waals surface area contributed by atoms with Crippen LogP contribution in [0.5, 0.6) is 0 Å². The molecule has 0 spiro atoms. The first-order valence-electron chi connectivity index (χ1n) is 5.44. The van der Waals surface area contributed by atoms with Crippen LogP contribution in [0.1, 0.15) is 24.2 Å². The Balaban J connectivity index is 2.60. The summed E-state index contributed by atoms with van der Waals surface area (Å²) in [7, 11) is 0. The zero-order chi connectivity index (χ0) is 12.8. The SMILES string of the molecule is CC(=O)NCC(O)C(O)c1ccc(CN)cc1. The van der Waals surface area contributed by atoms with Gasteiger partial charge >= 0.3 is 0 Å². The van der Waals surface area contributed by atoms with Gasteiger partial charge in [-0.2, -0.15) is 0 Å². The number of aliphatic hydroxyl groups is 2. The molecular formula is C12H18N2O3. The van der Waals surface area contributed by atoms with E-state index in [4.69, 9.17) is 5.73 Å². The van der Waals surface area contributed by atoms with Crippen LogP contribution < -0.4 is 11.1 Å². The third kappa shape index (κ3) is 4.14. The predicted octanol–water partition coefficient (Wildman–Crippen LogP) is -0.324. The number of nitrogens with two attached hydrogens (primary N) is 1. The average Bonchev–Trinajstić information content (AvgIpc) is 2.35. The Bertz CT molecular complexity index is 365. The highest BCUT2D eigenvalue weighted by molar-refractivity contribution is 5.72. The Labute approximate surface area is 100 Å². The van der Waals surface area contributed by atoms with E-state index in [1.807, 2.05) is 0 Å². The van der Waals surface area contributed by atoms with Crippen molar-refractivity contribution < 1.29 is 15.0 Å². The predicted molar refractivity (Wildman–Crippen MR) is 64.0 cm³/mol. The molecule has 5 heteroatoms. The van der Waals surface area contributed by atoms with E-state index in [9.17, 15) is 15.0 Å². The van der Waals surface area contributed by atoms with Gasteiger partial charge in [-0.1, -0.05) is 24.3 Å². The maximum absolute atomic E-state index is 10.7. The lowest BCUT2D eigenvalue weighted by atomic mass is 10.0.